The highest BCUT2D eigenvalue weighted by molar-refractivity contribution is 7.61. The van der Waals surface area contributed by atoms with Crippen molar-refractivity contribution in [1.29, 1.82) is 0 Å². The molecule has 7 heteroatoms. The summed E-state index contributed by atoms with van der Waals surface area (Å²) in [6.07, 6.45) is 0. The average Bonchev–Trinajstić information content (AvgIpc) is 2.41. The molecule has 20 heavy (non-hydrogen) atoms. The normalized spacial score (nSPS) is 9.60. The van der Waals surface area contributed by atoms with Gasteiger partial charge in [-0.05, 0) is 36.4 Å². The molecule has 2 aromatic carbocycles. The number of rotatable bonds is 3. The molecule has 6 nitrogen and oxygen atoms in total. The molecule has 2 N–H and O–H groups in total. The van der Waals surface area contributed by atoms with E-state index in [1.807, 2.05) is 18.2 Å². The number of amides is 2. The Bertz CT molecular complexity index is 717. The third kappa shape index (κ3) is 4.21. The Morgan fingerprint density at radius 2 is 1.40 bits per heavy atom. The second kappa shape index (κ2) is 6.48. The van der Waals surface area contributed by atoms with Gasteiger partial charge in [-0.1, -0.05) is 18.2 Å². The molecular formula is C13H11N3O3S. The van der Waals surface area contributed by atoms with Crippen molar-refractivity contribution in [2.24, 2.45) is 4.36 Å². The minimum absolute atomic E-state index is 0.298. The first kappa shape index (κ1) is 13.8. The Labute approximate surface area is 117 Å². The fourth-order valence-corrected chi connectivity index (χ4v) is 1.80. The fourth-order valence-electron chi connectivity index (χ4n) is 1.51. The van der Waals surface area contributed by atoms with Crippen molar-refractivity contribution in [2.45, 2.75) is 0 Å². The van der Waals surface area contributed by atoms with Crippen LogP contribution in [0.4, 0.5) is 21.9 Å². The molecule has 0 bridgehead atoms. The summed E-state index contributed by atoms with van der Waals surface area (Å²) in [7, 11) is -2.49. The van der Waals surface area contributed by atoms with Crippen LogP contribution in [-0.2, 0) is 10.5 Å². The van der Waals surface area contributed by atoms with Crippen LogP contribution in [0.5, 0.6) is 0 Å². The third-order valence-corrected chi connectivity index (χ3v) is 2.70. The number of nitrogens with one attached hydrogen (secondary N) is 2. The van der Waals surface area contributed by atoms with Crippen LogP contribution >= 0.6 is 0 Å². The summed E-state index contributed by atoms with van der Waals surface area (Å²) in [4.78, 5) is 11.7. The molecule has 2 amide bonds. The van der Waals surface area contributed by atoms with Crippen LogP contribution in [0.25, 0.3) is 0 Å². The molecule has 102 valence electrons. The van der Waals surface area contributed by atoms with Gasteiger partial charge in [0, 0.05) is 11.4 Å². The van der Waals surface area contributed by atoms with Gasteiger partial charge in [0.05, 0.1) is 5.69 Å². The minimum atomic E-state index is -2.49. The van der Waals surface area contributed by atoms with Crippen LogP contribution in [0, 0.1) is 0 Å². The van der Waals surface area contributed by atoms with Crippen LogP contribution < -0.4 is 10.6 Å². The van der Waals surface area contributed by atoms with E-state index in [1.165, 1.54) is 12.1 Å². The SMILES string of the molecule is O=C(Nc1ccccc1)Nc1ccc(N=S(=O)=O)cc1. The summed E-state index contributed by atoms with van der Waals surface area (Å²) in [6.45, 7) is 0. The van der Waals surface area contributed by atoms with Gasteiger partial charge in [0.2, 0.25) is 0 Å². The Hall–Kier alpha value is -2.67. The van der Waals surface area contributed by atoms with Gasteiger partial charge in [-0.2, -0.15) is 8.42 Å². The van der Waals surface area contributed by atoms with Crippen LogP contribution in [0.3, 0.4) is 0 Å². The van der Waals surface area contributed by atoms with Gasteiger partial charge < -0.3 is 10.6 Å². The number of nitrogens with zero attached hydrogens (tertiary/aromatic N) is 1. The summed E-state index contributed by atoms with van der Waals surface area (Å²) in [6, 6.07) is 14.8. The monoisotopic (exact) mass is 289 g/mol. The molecule has 0 aliphatic heterocycles. The maximum absolute atomic E-state index is 11.7. The number of hydrogen-bond donors (Lipinski definition) is 2. The van der Waals surface area contributed by atoms with Crippen molar-refractivity contribution in [2.75, 3.05) is 10.6 Å². The summed E-state index contributed by atoms with van der Waals surface area (Å²) in [5, 5.41) is 5.29. The van der Waals surface area contributed by atoms with Crippen molar-refractivity contribution < 1.29 is 13.2 Å². The van der Waals surface area contributed by atoms with E-state index in [-0.39, 0.29) is 6.03 Å². The first-order valence-corrected chi connectivity index (χ1v) is 6.71. The van der Waals surface area contributed by atoms with E-state index in [9.17, 15) is 13.2 Å². The van der Waals surface area contributed by atoms with Gasteiger partial charge in [0.25, 0.3) is 0 Å². The van der Waals surface area contributed by atoms with E-state index in [1.54, 1.807) is 24.3 Å². The number of benzene rings is 2. The molecular weight excluding hydrogens is 278 g/mol. The van der Waals surface area contributed by atoms with Gasteiger partial charge in [-0.25, -0.2) is 4.79 Å². The highest BCUT2D eigenvalue weighted by Gasteiger charge is 2.02. The Morgan fingerprint density at radius 1 is 0.850 bits per heavy atom. The molecule has 2 aromatic rings. The van der Waals surface area contributed by atoms with Gasteiger partial charge >= 0.3 is 16.5 Å². The highest BCUT2D eigenvalue weighted by atomic mass is 32.2. The summed E-state index contributed by atoms with van der Waals surface area (Å²) < 4.78 is 24.1. The number of hydrogen-bond acceptors (Lipinski definition) is 4. The fraction of sp³-hybridized carbons (Fsp3) is 0. The van der Waals surface area contributed by atoms with E-state index in [2.05, 4.69) is 15.0 Å². The smallest absolute Gasteiger partial charge is 0.308 e. The summed E-state index contributed by atoms with van der Waals surface area (Å²) in [5.41, 5.74) is 1.51. The Kier molecular flexibility index (Phi) is 4.46. The predicted octanol–water partition coefficient (Wildman–Crippen LogP) is 3.02. The molecule has 0 heterocycles. The lowest BCUT2D eigenvalue weighted by Crippen LogP contribution is -2.19. The minimum Gasteiger partial charge on any atom is -0.308 e. The highest BCUT2D eigenvalue weighted by Crippen LogP contribution is 2.16. The maximum atomic E-state index is 11.7. The standard InChI is InChI=1S/C13H11N3O3S/c17-13(14-10-4-2-1-3-5-10)15-11-6-8-12(9-7-11)16-20(18)19/h1-9H,(H2,14,15,17). The maximum Gasteiger partial charge on any atom is 0.323 e. The number of urea groups is 1. The lowest BCUT2D eigenvalue weighted by atomic mass is 10.3. The average molecular weight is 289 g/mol. The lowest BCUT2D eigenvalue weighted by molar-refractivity contribution is 0.262. The topological polar surface area (TPSA) is 87.6 Å². The van der Waals surface area contributed by atoms with Crippen molar-refractivity contribution in [3.05, 3.63) is 54.6 Å². The van der Waals surface area contributed by atoms with Crippen LogP contribution in [-0.4, -0.2) is 14.4 Å². The number of carbonyl (C=O) groups excluding carboxylic acids is 1. The second-order valence-corrected chi connectivity index (χ2v) is 4.42. The van der Waals surface area contributed by atoms with E-state index < -0.39 is 10.5 Å². The molecule has 0 saturated heterocycles. The number of carbonyl (C=O) groups is 1. The summed E-state index contributed by atoms with van der Waals surface area (Å²) in [5.74, 6) is 0. The molecule has 0 spiro atoms. The molecule has 2 rings (SSSR count). The van der Waals surface area contributed by atoms with Gasteiger partial charge in [-0.15, -0.1) is 4.36 Å². The molecule has 0 aromatic heterocycles. The largest absolute Gasteiger partial charge is 0.323 e. The number of para-hydroxylation sites is 1. The zero-order valence-corrected chi connectivity index (χ0v) is 11.1. The van der Waals surface area contributed by atoms with Crippen LogP contribution in [0.15, 0.2) is 59.0 Å². The van der Waals surface area contributed by atoms with E-state index in [0.717, 1.165) is 0 Å². The van der Waals surface area contributed by atoms with Crippen LogP contribution in [0.1, 0.15) is 0 Å². The van der Waals surface area contributed by atoms with E-state index >= 15 is 0 Å². The van der Waals surface area contributed by atoms with Crippen LogP contribution in [0.2, 0.25) is 0 Å². The van der Waals surface area contributed by atoms with Gasteiger partial charge in [0.1, 0.15) is 0 Å². The van der Waals surface area contributed by atoms with Crippen molar-refractivity contribution in [3.8, 4) is 0 Å². The number of anilines is 2. The Morgan fingerprint density at radius 3 is 1.95 bits per heavy atom. The van der Waals surface area contributed by atoms with Crippen molar-refractivity contribution in [1.82, 2.24) is 0 Å². The van der Waals surface area contributed by atoms with E-state index in [4.69, 9.17) is 0 Å². The quantitative estimate of drug-likeness (QED) is 0.910. The molecule has 0 unspecified atom stereocenters. The molecule has 0 fully saturated rings. The van der Waals surface area contributed by atoms with Crippen molar-refractivity contribution in [3.63, 3.8) is 0 Å². The molecule has 0 aliphatic rings. The van der Waals surface area contributed by atoms with Crippen molar-refractivity contribution >= 4 is 33.6 Å². The zero-order chi connectivity index (χ0) is 14.4. The predicted molar refractivity (Wildman–Crippen MR) is 76.5 cm³/mol. The molecule has 0 radical (unpaired) electrons. The first-order chi connectivity index (χ1) is 9.63. The summed E-state index contributed by atoms with van der Waals surface area (Å²) >= 11 is 0. The third-order valence-electron chi connectivity index (χ3n) is 2.34. The molecule has 0 saturated carbocycles. The Balaban J connectivity index is 2.00. The first-order valence-electron chi connectivity index (χ1n) is 5.68. The lowest BCUT2D eigenvalue weighted by Gasteiger charge is -2.07. The van der Waals surface area contributed by atoms with Gasteiger partial charge in [0.15, 0.2) is 0 Å². The molecule has 0 aliphatic carbocycles. The zero-order valence-electron chi connectivity index (χ0n) is 10.3. The van der Waals surface area contributed by atoms with E-state index in [0.29, 0.717) is 17.1 Å². The second-order valence-electron chi connectivity index (χ2n) is 3.80. The van der Waals surface area contributed by atoms with Gasteiger partial charge in [-0.3, -0.25) is 0 Å². The molecule has 0 atom stereocenters.